The smallest absolute Gasteiger partial charge is 0.326 e. The van der Waals surface area contributed by atoms with Gasteiger partial charge < -0.3 is 9.72 Å². The number of benzene rings is 2. The Hall–Kier alpha value is -3.07. The number of ether oxygens (including phenoxy) is 1. The number of imidazole rings is 1. The number of methoxy groups -OCH3 is 1. The fraction of sp³-hybridized carbons (Fsp3) is 0.222. The van der Waals surface area contributed by atoms with Crippen LogP contribution in [0, 0.1) is 0 Å². The molecule has 0 saturated heterocycles. The van der Waals surface area contributed by atoms with Gasteiger partial charge in [-0.05, 0) is 53.2 Å². The van der Waals surface area contributed by atoms with Crippen molar-refractivity contribution in [2.75, 3.05) is 12.9 Å². The number of fused-ring (bicyclic) bond motifs is 1. The van der Waals surface area contributed by atoms with Crippen molar-refractivity contribution in [2.45, 2.75) is 18.1 Å². The molecule has 9 heteroatoms. The van der Waals surface area contributed by atoms with Crippen LogP contribution in [-0.2, 0) is 6.54 Å². The Morgan fingerprint density at radius 1 is 1.15 bits per heavy atom. The lowest BCUT2D eigenvalue weighted by molar-refractivity contribution is 0.414. The zero-order valence-corrected chi connectivity index (χ0v) is 15.5. The molecule has 2 aromatic heterocycles. The molecule has 1 N–H and O–H groups in total. The summed E-state index contributed by atoms with van der Waals surface area (Å²) in [5.41, 5.74) is 2.58. The Kier molecular flexibility index (Phi) is 4.93. The number of aromatic amines is 1. The van der Waals surface area contributed by atoms with Gasteiger partial charge in [0, 0.05) is 12.3 Å². The van der Waals surface area contributed by atoms with Crippen LogP contribution >= 0.6 is 11.8 Å². The Labute approximate surface area is 159 Å². The van der Waals surface area contributed by atoms with Crippen LogP contribution in [0.3, 0.4) is 0 Å². The van der Waals surface area contributed by atoms with Gasteiger partial charge in [-0.1, -0.05) is 23.9 Å². The number of nitrogens with zero attached hydrogens (tertiary/aromatic N) is 5. The zero-order valence-electron chi connectivity index (χ0n) is 14.7. The summed E-state index contributed by atoms with van der Waals surface area (Å²) in [4.78, 5) is 15.0. The summed E-state index contributed by atoms with van der Waals surface area (Å²) in [6.07, 6.45) is 0.821. The summed E-state index contributed by atoms with van der Waals surface area (Å²) in [5.74, 6) is 1.58. The van der Waals surface area contributed by atoms with E-state index in [1.807, 2.05) is 48.5 Å². The molecule has 8 nitrogen and oxygen atoms in total. The van der Waals surface area contributed by atoms with E-state index >= 15 is 0 Å². The Bertz CT molecular complexity index is 1100. The minimum atomic E-state index is -0.0794. The van der Waals surface area contributed by atoms with Crippen molar-refractivity contribution in [1.29, 1.82) is 0 Å². The molecule has 0 atom stereocenters. The highest BCUT2D eigenvalue weighted by atomic mass is 32.2. The first-order valence-corrected chi connectivity index (χ1v) is 9.48. The molecular formula is C18H18N6O2S. The maximum absolute atomic E-state index is 12.1. The predicted octanol–water partition coefficient (Wildman–Crippen LogP) is 2.50. The first-order chi connectivity index (χ1) is 13.3. The predicted molar refractivity (Wildman–Crippen MR) is 104 cm³/mol. The number of aryl methyl sites for hydroxylation is 1. The van der Waals surface area contributed by atoms with Crippen molar-refractivity contribution < 1.29 is 4.74 Å². The monoisotopic (exact) mass is 382 g/mol. The SMILES string of the molecule is COc1ccc(-n2nnnc2SCCCn2c(=O)[nH]c3ccccc32)cc1. The van der Waals surface area contributed by atoms with Gasteiger partial charge in [0.25, 0.3) is 0 Å². The molecule has 0 aliphatic heterocycles. The second kappa shape index (κ2) is 7.67. The molecule has 0 spiro atoms. The number of hydrogen-bond donors (Lipinski definition) is 1. The number of aromatic nitrogens is 6. The van der Waals surface area contributed by atoms with E-state index in [0.29, 0.717) is 11.7 Å². The topological polar surface area (TPSA) is 90.6 Å². The van der Waals surface area contributed by atoms with E-state index in [1.165, 1.54) is 0 Å². The fourth-order valence-corrected chi connectivity index (χ4v) is 3.68. The third kappa shape index (κ3) is 3.59. The third-order valence-corrected chi connectivity index (χ3v) is 5.20. The molecule has 138 valence electrons. The number of nitrogens with one attached hydrogen (secondary N) is 1. The standard InChI is InChI=1S/C18H18N6O2S/c1-26-14-9-7-13(8-10-14)24-18(20-21-22-24)27-12-4-11-23-16-6-3-2-5-15(16)19-17(23)25/h2-3,5-10H,4,11-12H2,1H3,(H,19,25). The van der Waals surface area contributed by atoms with Gasteiger partial charge in [0.15, 0.2) is 0 Å². The van der Waals surface area contributed by atoms with Gasteiger partial charge in [0.2, 0.25) is 5.16 Å². The lowest BCUT2D eigenvalue weighted by Gasteiger charge is -2.06. The Balaban J connectivity index is 1.40. The molecule has 2 aromatic carbocycles. The van der Waals surface area contributed by atoms with E-state index in [1.54, 1.807) is 28.1 Å². The van der Waals surface area contributed by atoms with Gasteiger partial charge in [-0.3, -0.25) is 4.57 Å². The van der Waals surface area contributed by atoms with E-state index in [4.69, 9.17) is 4.74 Å². The average Bonchev–Trinajstić information content (AvgIpc) is 3.29. The summed E-state index contributed by atoms with van der Waals surface area (Å²) in [7, 11) is 1.63. The van der Waals surface area contributed by atoms with Crippen LogP contribution in [0.5, 0.6) is 5.75 Å². The molecule has 0 aliphatic carbocycles. The molecule has 0 saturated carbocycles. The average molecular weight is 382 g/mol. The largest absolute Gasteiger partial charge is 0.497 e. The molecule has 0 amide bonds. The summed E-state index contributed by atoms with van der Waals surface area (Å²) in [6, 6.07) is 15.3. The van der Waals surface area contributed by atoms with Crippen LogP contribution < -0.4 is 10.4 Å². The van der Waals surface area contributed by atoms with Crippen LogP contribution in [0.1, 0.15) is 6.42 Å². The van der Waals surface area contributed by atoms with Gasteiger partial charge in [0.1, 0.15) is 5.75 Å². The molecule has 27 heavy (non-hydrogen) atoms. The lowest BCUT2D eigenvalue weighted by atomic mass is 10.3. The molecule has 2 heterocycles. The summed E-state index contributed by atoms with van der Waals surface area (Å²) in [5, 5.41) is 12.6. The van der Waals surface area contributed by atoms with E-state index < -0.39 is 0 Å². The van der Waals surface area contributed by atoms with E-state index in [2.05, 4.69) is 20.5 Å². The Morgan fingerprint density at radius 3 is 2.78 bits per heavy atom. The van der Waals surface area contributed by atoms with Gasteiger partial charge in [-0.15, -0.1) is 5.10 Å². The van der Waals surface area contributed by atoms with Crippen LogP contribution in [-0.4, -0.2) is 42.6 Å². The lowest BCUT2D eigenvalue weighted by Crippen LogP contribution is -2.17. The first-order valence-electron chi connectivity index (χ1n) is 8.49. The van der Waals surface area contributed by atoms with Crippen LogP contribution in [0.25, 0.3) is 16.7 Å². The molecule has 4 rings (SSSR count). The molecule has 0 fully saturated rings. The molecule has 4 aromatic rings. The van der Waals surface area contributed by atoms with Crippen molar-refractivity contribution in [3.05, 3.63) is 59.0 Å². The third-order valence-electron chi connectivity index (χ3n) is 4.20. The minimum absolute atomic E-state index is 0.0794. The summed E-state index contributed by atoms with van der Waals surface area (Å²) < 4.78 is 8.64. The van der Waals surface area contributed by atoms with Crippen molar-refractivity contribution in [3.63, 3.8) is 0 Å². The van der Waals surface area contributed by atoms with Crippen LogP contribution in [0.2, 0.25) is 0 Å². The van der Waals surface area contributed by atoms with E-state index in [9.17, 15) is 4.79 Å². The molecular weight excluding hydrogens is 364 g/mol. The van der Waals surface area contributed by atoms with E-state index in [0.717, 1.165) is 34.6 Å². The Morgan fingerprint density at radius 2 is 1.96 bits per heavy atom. The number of tetrazole rings is 1. The summed E-state index contributed by atoms with van der Waals surface area (Å²) >= 11 is 1.56. The first kappa shape index (κ1) is 17.3. The normalized spacial score (nSPS) is 11.1. The maximum Gasteiger partial charge on any atom is 0.326 e. The molecule has 0 aliphatic rings. The van der Waals surface area contributed by atoms with Crippen LogP contribution in [0.4, 0.5) is 0 Å². The van der Waals surface area contributed by atoms with Crippen molar-refractivity contribution in [3.8, 4) is 11.4 Å². The van der Waals surface area contributed by atoms with Gasteiger partial charge >= 0.3 is 5.69 Å². The fourth-order valence-electron chi connectivity index (χ4n) is 2.87. The van der Waals surface area contributed by atoms with Crippen molar-refractivity contribution >= 4 is 22.8 Å². The van der Waals surface area contributed by atoms with Crippen LogP contribution in [0.15, 0.2) is 58.5 Å². The quantitative estimate of drug-likeness (QED) is 0.390. The highest BCUT2D eigenvalue weighted by Crippen LogP contribution is 2.21. The molecule has 0 bridgehead atoms. The van der Waals surface area contributed by atoms with Crippen molar-refractivity contribution in [2.24, 2.45) is 0 Å². The number of rotatable bonds is 7. The van der Waals surface area contributed by atoms with Crippen molar-refractivity contribution in [1.82, 2.24) is 29.8 Å². The maximum atomic E-state index is 12.1. The highest BCUT2D eigenvalue weighted by Gasteiger charge is 2.10. The van der Waals surface area contributed by atoms with E-state index in [-0.39, 0.29) is 5.69 Å². The second-order valence-electron chi connectivity index (χ2n) is 5.87. The molecule has 0 radical (unpaired) electrons. The second-order valence-corrected chi connectivity index (χ2v) is 6.93. The number of H-pyrrole nitrogens is 1. The number of para-hydroxylation sites is 2. The zero-order chi connectivity index (χ0) is 18.6. The number of hydrogen-bond acceptors (Lipinski definition) is 6. The highest BCUT2D eigenvalue weighted by molar-refractivity contribution is 7.99. The minimum Gasteiger partial charge on any atom is -0.497 e. The summed E-state index contributed by atoms with van der Waals surface area (Å²) in [6.45, 7) is 0.639. The van der Waals surface area contributed by atoms with Gasteiger partial charge in [0.05, 0.1) is 23.8 Å². The van der Waals surface area contributed by atoms with Gasteiger partial charge in [-0.2, -0.15) is 4.68 Å². The molecule has 0 unspecified atom stereocenters. The van der Waals surface area contributed by atoms with Gasteiger partial charge in [-0.25, -0.2) is 4.79 Å². The number of thioether (sulfide) groups is 1.